The number of aromatic nitrogens is 2. The molecule has 2 rings (SSSR count). The van der Waals surface area contributed by atoms with E-state index in [1.54, 1.807) is 0 Å². The zero-order valence-electron chi connectivity index (χ0n) is 13.0. The van der Waals surface area contributed by atoms with Crippen LogP contribution in [0.2, 0.25) is 0 Å². The van der Waals surface area contributed by atoms with Crippen molar-refractivity contribution in [2.24, 2.45) is 0 Å². The molecule has 1 N–H and O–H groups in total. The average molecular weight is 307 g/mol. The zero-order valence-corrected chi connectivity index (χ0v) is 13.8. The van der Waals surface area contributed by atoms with Crippen molar-refractivity contribution in [1.82, 2.24) is 14.9 Å². The fourth-order valence-corrected chi connectivity index (χ4v) is 3.18. The van der Waals surface area contributed by atoms with Crippen molar-refractivity contribution < 1.29 is 4.39 Å². The van der Waals surface area contributed by atoms with Gasteiger partial charge in [0.25, 0.3) is 0 Å². The van der Waals surface area contributed by atoms with Gasteiger partial charge in [-0.1, -0.05) is 44.3 Å². The van der Waals surface area contributed by atoms with Crippen LogP contribution in [0.25, 0.3) is 0 Å². The van der Waals surface area contributed by atoms with Gasteiger partial charge in [0, 0.05) is 5.41 Å². The smallest absolute Gasteiger partial charge is 0.123 e. The Morgan fingerprint density at radius 2 is 1.90 bits per heavy atom. The molecule has 0 saturated carbocycles. The Labute approximate surface area is 129 Å². The largest absolute Gasteiger partial charge is 0.305 e. The van der Waals surface area contributed by atoms with E-state index in [9.17, 15) is 4.39 Å². The van der Waals surface area contributed by atoms with E-state index in [2.05, 4.69) is 42.6 Å². The molecule has 1 unspecified atom stereocenters. The van der Waals surface area contributed by atoms with Gasteiger partial charge in [-0.3, -0.25) is 0 Å². The summed E-state index contributed by atoms with van der Waals surface area (Å²) in [5.74, 6) is -0.216. The van der Waals surface area contributed by atoms with Crippen molar-refractivity contribution in [3.8, 4) is 0 Å². The molecule has 1 aromatic heterocycles. The Balaban J connectivity index is 2.41. The normalized spacial score (nSPS) is 13.4. The van der Waals surface area contributed by atoms with Gasteiger partial charge in [-0.15, -0.1) is 5.10 Å². The second-order valence-corrected chi connectivity index (χ2v) is 6.96. The summed E-state index contributed by atoms with van der Waals surface area (Å²) in [6.07, 6.45) is 1.04. The fourth-order valence-electron chi connectivity index (χ4n) is 2.21. The van der Waals surface area contributed by atoms with Gasteiger partial charge >= 0.3 is 0 Å². The first-order valence-electron chi connectivity index (χ1n) is 7.25. The molecule has 0 fully saturated rings. The summed E-state index contributed by atoms with van der Waals surface area (Å²) >= 11 is 1.42. The second kappa shape index (κ2) is 6.62. The highest BCUT2D eigenvalue weighted by atomic mass is 32.1. The van der Waals surface area contributed by atoms with E-state index < -0.39 is 0 Å². The molecule has 1 atom stereocenters. The molecule has 0 aliphatic carbocycles. The van der Waals surface area contributed by atoms with Gasteiger partial charge in [-0.25, -0.2) is 4.39 Å². The number of halogens is 1. The summed E-state index contributed by atoms with van der Waals surface area (Å²) in [6.45, 7) is 9.42. The van der Waals surface area contributed by atoms with E-state index in [0.29, 0.717) is 0 Å². The molecule has 1 aromatic carbocycles. The molecule has 0 radical (unpaired) electrons. The first-order chi connectivity index (χ1) is 9.93. The van der Waals surface area contributed by atoms with E-state index in [1.165, 1.54) is 23.7 Å². The standard InChI is InChI=1S/C16H22FN3S/c1-5-10-18-13(11-6-8-12(17)9-7-11)14-15(16(2,3)4)19-20-21-14/h6-9,13,18H,5,10H2,1-4H3. The Kier molecular flexibility index (Phi) is 5.06. The molecule has 0 saturated heterocycles. The first-order valence-corrected chi connectivity index (χ1v) is 8.02. The molecular formula is C16H22FN3S. The molecule has 0 aliphatic rings. The minimum absolute atomic E-state index is 0.0137. The van der Waals surface area contributed by atoms with E-state index in [4.69, 9.17) is 0 Å². The Morgan fingerprint density at radius 3 is 2.48 bits per heavy atom. The van der Waals surface area contributed by atoms with Crippen molar-refractivity contribution in [1.29, 1.82) is 0 Å². The van der Waals surface area contributed by atoms with Crippen molar-refractivity contribution >= 4 is 11.5 Å². The van der Waals surface area contributed by atoms with Crippen LogP contribution in [0.15, 0.2) is 24.3 Å². The van der Waals surface area contributed by atoms with E-state index in [-0.39, 0.29) is 17.3 Å². The van der Waals surface area contributed by atoms with Gasteiger partial charge in [-0.2, -0.15) is 0 Å². The molecule has 1 heterocycles. The van der Waals surface area contributed by atoms with Gasteiger partial charge < -0.3 is 5.32 Å². The van der Waals surface area contributed by atoms with Crippen LogP contribution in [-0.4, -0.2) is 16.1 Å². The van der Waals surface area contributed by atoms with Crippen LogP contribution in [0.1, 0.15) is 56.3 Å². The molecule has 0 amide bonds. The quantitative estimate of drug-likeness (QED) is 0.905. The fraction of sp³-hybridized carbons (Fsp3) is 0.500. The average Bonchev–Trinajstić information content (AvgIpc) is 2.90. The Morgan fingerprint density at radius 1 is 1.24 bits per heavy atom. The highest BCUT2D eigenvalue weighted by Crippen LogP contribution is 2.33. The number of nitrogens with zero attached hydrogens (tertiary/aromatic N) is 2. The lowest BCUT2D eigenvalue weighted by molar-refractivity contribution is 0.537. The van der Waals surface area contributed by atoms with Crippen molar-refractivity contribution in [3.63, 3.8) is 0 Å². The van der Waals surface area contributed by atoms with Crippen molar-refractivity contribution in [2.75, 3.05) is 6.54 Å². The predicted octanol–water partition coefficient (Wildman–Crippen LogP) is 4.06. The van der Waals surface area contributed by atoms with Crippen molar-refractivity contribution in [2.45, 2.75) is 45.6 Å². The lowest BCUT2D eigenvalue weighted by Crippen LogP contribution is -2.25. The second-order valence-electron chi connectivity index (χ2n) is 6.17. The van der Waals surface area contributed by atoms with E-state index >= 15 is 0 Å². The van der Waals surface area contributed by atoms with Crippen LogP contribution in [0, 0.1) is 5.82 Å². The highest BCUT2D eigenvalue weighted by Gasteiger charge is 2.27. The lowest BCUT2D eigenvalue weighted by Gasteiger charge is -2.23. The number of benzene rings is 1. The Bertz CT molecular complexity index is 572. The van der Waals surface area contributed by atoms with Crippen molar-refractivity contribution in [3.05, 3.63) is 46.2 Å². The number of hydrogen-bond donors (Lipinski definition) is 1. The first kappa shape index (κ1) is 16.0. The predicted molar refractivity (Wildman–Crippen MR) is 85.1 cm³/mol. The van der Waals surface area contributed by atoms with Crippen LogP contribution in [-0.2, 0) is 5.41 Å². The summed E-state index contributed by atoms with van der Waals surface area (Å²) < 4.78 is 17.3. The highest BCUT2D eigenvalue weighted by molar-refractivity contribution is 7.05. The summed E-state index contributed by atoms with van der Waals surface area (Å²) in [5.41, 5.74) is 1.99. The monoisotopic (exact) mass is 307 g/mol. The van der Waals surface area contributed by atoms with Gasteiger partial charge in [0.15, 0.2) is 0 Å². The zero-order chi connectivity index (χ0) is 15.5. The van der Waals surface area contributed by atoms with Crippen LogP contribution < -0.4 is 5.32 Å². The maximum Gasteiger partial charge on any atom is 0.123 e. The molecule has 114 valence electrons. The van der Waals surface area contributed by atoms with Gasteiger partial charge in [0.1, 0.15) is 5.82 Å². The third kappa shape index (κ3) is 3.86. The third-order valence-electron chi connectivity index (χ3n) is 3.29. The minimum Gasteiger partial charge on any atom is -0.305 e. The number of nitrogens with one attached hydrogen (secondary N) is 1. The summed E-state index contributed by atoms with van der Waals surface area (Å²) in [6, 6.07) is 6.67. The maximum atomic E-state index is 13.2. The summed E-state index contributed by atoms with van der Waals surface area (Å²) in [7, 11) is 0. The number of rotatable bonds is 5. The van der Waals surface area contributed by atoms with Crippen LogP contribution in [0.4, 0.5) is 4.39 Å². The van der Waals surface area contributed by atoms with E-state index in [1.807, 2.05) is 12.1 Å². The molecule has 2 aromatic rings. The number of hydrogen-bond acceptors (Lipinski definition) is 4. The van der Waals surface area contributed by atoms with Crippen LogP contribution in [0.5, 0.6) is 0 Å². The molecule has 0 spiro atoms. The Hall–Kier alpha value is -1.33. The minimum atomic E-state index is -0.216. The summed E-state index contributed by atoms with van der Waals surface area (Å²) in [5, 5.41) is 7.84. The molecular weight excluding hydrogens is 285 g/mol. The van der Waals surface area contributed by atoms with E-state index in [0.717, 1.165) is 29.1 Å². The summed E-state index contributed by atoms with van der Waals surface area (Å²) in [4.78, 5) is 1.11. The lowest BCUT2D eigenvalue weighted by atomic mass is 9.89. The van der Waals surface area contributed by atoms with Crippen LogP contribution >= 0.6 is 11.5 Å². The van der Waals surface area contributed by atoms with Gasteiger partial charge in [0.05, 0.1) is 16.6 Å². The molecule has 0 aliphatic heterocycles. The SMILES string of the molecule is CCCNC(c1ccc(F)cc1)c1snnc1C(C)(C)C. The molecule has 0 bridgehead atoms. The third-order valence-corrected chi connectivity index (χ3v) is 4.08. The van der Waals surface area contributed by atoms with Crippen LogP contribution in [0.3, 0.4) is 0 Å². The topological polar surface area (TPSA) is 37.8 Å². The van der Waals surface area contributed by atoms with Gasteiger partial charge in [-0.05, 0) is 42.2 Å². The van der Waals surface area contributed by atoms with Gasteiger partial charge in [0.2, 0.25) is 0 Å². The molecule has 3 nitrogen and oxygen atoms in total. The maximum absolute atomic E-state index is 13.2. The molecule has 21 heavy (non-hydrogen) atoms. The molecule has 5 heteroatoms.